The molecule has 35 heavy (non-hydrogen) atoms. The fourth-order valence-corrected chi connectivity index (χ4v) is 4.03. The third-order valence-corrected chi connectivity index (χ3v) is 5.76. The highest BCUT2D eigenvalue weighted by atomic mass is 19.1. The van der Waals surface area contributed by atoms with E-state index >= 15 is 0 Å². The number of benzene rings is 2. The van der Waals surface area contributed by atoms with E-state index in [1.54, 1.807) is 29.9 Å². The molecule has 0 saturated heterocycles. The molecule has 2 aromatic carbocycles. The molecule has 8 nitrogen and oxygen atoms in total. The van der Waals surface area contributed by atoms with E-state index in [9.17, 15) is 9.18 Å². The minimum Gasteiger partial charge on any atom is -0.383 e. The van der Waals surface area contributed by atoms with Crippen LogP contribution in [0.5, 0.6) is 0 Å². The lowest BCUT2D eigenvalue weighted by Gasteiger charge is -2.10. The van der Waals surface area contributed by atoms with Gasteiger partial charge in [-0.05, 0) is 48.9 Å². The molecule has 9 heteroatoms. The second-order valence-corrected chi connectivity index (χ2v) is 8.20. The maximum atomic E-state index is 13.4. The molecule has 0 atom stereocenters. The van der Waals surface area contributed by atoms with Crippen molar-refractivity contribution in [2.24, 2.45) is 7.05 Å². The van der Waals surface area contributed by atoms with E-state index in [2.05, 4.69) is 27.0 Å². The van der Waals surface area contributed by atoms with E-state index in [1.807, 2.05) is 42.1 Å². The van der Waals surface area contributed by atoms with Crippen molar-refractivity contribution >= 4 is 28.4 Å². The number of aromatic nitrogens is 5. The summed E-state index contributed by atoms with van der Waals surface area (Å²) in [4.78, 5) is 20.6. The molecule has 174 valence electrons. The van der Waals surface area contributed by atoms with Crippen LogP contribution in [0.3, 0.4) is 0 Å². The number of nitrogens with zero attached hydrogens (tertiary/aromatic N) is 5. The predicted molar refractivity (Wildman–Crippen MR) is 134 cm³/mol. The Labute approximate surface area is 200 Å². The quantitative estimate of drug-likeness (QED) is 0.364. The fourth-order valence-electron chi connectivity index (χ4n) is 4.03. The molecule has 0 aliphatic rings. The molecular formula is C26H22FN7O. The van der Waals surface area contributed by atoms with Crippen LogP contribution in [0.1, 0.15) is 6.92 Å². The lowest BCUT2D eigenvalue weighted by Crippen LogP contribution is -2.11. The summed E-state index contributed by atoms with van der Waals surface area (Å²) in [5.74, 6) is -0.198. The zero-order valence-corrected chi connectivity index (χ0v) is 19.2. The topological polar surface area (TPSA) is 104 Å². The molecule has 3 aromatic heterocycles. The number of carbonyl (C=O) groups excluding carboxylic acids is 1. The van der Waals surface area contributed by atoms with Crippen molar-refractivity contribution < 1.29 is 9.18 Å². The Kier molecular flexibility index (Phi) is 5.37. The standard InChI is InChI=1S/C26H22FN7O/c1-15(2)26(35)32-19-8-4-16(5-9-19)23-21(22-24(28)29-14-30-25(22)33(23)3)17-12-31-34(13-17)20-10-6-18(27)7-11-20/h4-14H,1H2,2-3H3,(H,32,35)(H2,28,29,30). The zero-order valence-electron chi connectivity index (χ0n) is 19.2. The van der Waals surface area contributed by atoms with E-state index in [-0.39, 0.29) is 11.7 Å². The first kappa shape index (κ1) is 22.0. The van der Waals surface area contributed by atoms with Crippen molar-refractivity contribution in [3.05, 3.63) is 85.2 Å². The number of rotatable bonds is 5. The van der Waals surface area contributed by atoms with Gasteiger partial charge in [0.05, 0.1) is 23.0 Å². The van der Waals surface area contributed by atoms with Gasteiger partial charge in [0, 0.05) is 35.6 Å². The Bertz CT molecular complexity index is 1580. The summed E-state index contributed by atoms with van der Waals surface area (Å²) in [5.41, 5.74) is 12.2. The largest absolute Gasteiger partial charge is 0.383 e. The van der Waals surface area contributed by atoms with Crippen LogP contribution in [0.4, 0.5) is 15.9 Å². The Balaban J connectivity index is 1.65. The molecule has 5 aromatic rings. The van der Waals surface area contributed by atoms with E-state index in [1.165, 1.54) is 18.5 Å². The van der Waals surface area contributed by atoms with Crippen LogP contribution in [0.2, 0.25) is 0 Å². The van der Waals surface area contributed by atoms with Gasteiger partial charge in [-0.25, -0.2) is 19.0 Å². The van der Waals surface area contributed by atoms with Crippen molar-refractivity contribution in [1.82, 2.24) is 24.3 Å². The number of nitrogens with two attached hydrogens (primary N) is 1. The molecule has 0 aliphatic carbocycles. The number of amides is 1. The van der Waals surface area contributed by atoms with Gasteiger partial charge in [0.1, 0.15) is 23.6 Å². The number of anilines is 2. The molecule has 0 radical (unpaired) electrons. The summed E-state index contributed by atoms with van der Waals surface area (Å²) in [6, 6.07) is 13.6. The van der Waals surface area contributed by atoms with Crippen molar-refractivity contribution in [2.75, 3.05) is 11.1 Å². The molecule has 0 spiro atoms. The van der Waals surface area contributed by atoms with Crippen molar-refractivity contribution in [3.8, 4) is 28.1 Å². The van der Waals surface area contributed by atoms with Crippen LogP contribution in [0.15, 0.2) is 79.4 Å². The smallest absolute Gasteiger partial charge is 0.250 e. The van der Waals surface area contributed by atoms with Gasteiger partial charge in [-0.3, -0.25) is 4.79 Å². The summed E-state index contributed by atoms with van der Waals surface area (Å²) >= 11 is 0. The molecule has 5 rings (SSSR count). The Morgan fingerprint density at radius 1 is 1.06 bits per heavy atom. The highest BCUT2D eigenvalue weighted by Crippen LogP contribution is 2.41. The van der Waals surface area contributed by atoms with Crippen LogP contribution < -0.4 is 11.1 Å². The minimum absolute atomic E-state index is 0.237. The number of hydrogen-bond donors (Lipinski definition) is 2. The lowest BCUT2D eigenvalue weighted by atomic mass is 10.0. The van der Waals surface area contributed by atoms with E-state index in [0.29, 0.717) is 28.1 Å². The van der Waals surface area contributed by atoms with Crippen molar-refractivity contribution in [2.45, 2.75) is 6.92 Å². The number of carbonyl (C=O) groups is 1. The fraction of sp³-hybridized carbons (Fsp3) is 0.0769. The first-order chi connectivity index (χ1) is 16.8. The van der Waals surface area contributed by atoms with E-state index < -0.39 is 0 Å². The normalized spacial score (nSPS) is 11.1. The third kappa shape index (κ3) is 3.93. The molecule has 3 heterocycles. The Morgan fingerprint density at radius 2 is 1.77 bits per heavy atom. The van der Waals surface area contributed by atoms with Gasteiger partial charge >= 0.3 is 0 Å². The van der Waals surface area contributed by atoms with Crippen LogP contribution in [-0.2, 0) is 11.8 Å². The minimum atomic E-state index is -0.315. The van der Waals surface area contributed by atoms with Crippen LogP contribution >= 0.6 is 0 Å². The monoisotopic (exact) mass is 467 g/mol. The first-order valence-corrected chi connectivity index (χ1v) is 10.8. The van der Waals surface area contributed by atoms with Gasteiger partial charge in [-0.1, -0.05) is 18.7 Å². The van der Waals surface area contributed by atoms with Gasteiger partial charge < -0.3 is 15.6 Å². The number of halogens is 1. The summed E-state index contributed by atoms with van der Waals surface area (Å²) in [7, 11) is 1.91. The third-order valence-electron chi connectivity index (χ3n) is 5.76. The lowest BCUT2D eigenvalue weighted by molar-refractivity contribution is -0.112. The number of nitrogen functional groups attached to an aromatic ring is 1. The van der Waals surface area contributed by atoms with Gasteiger partial charge in [-0.15, -0.1) is 0 Å². The second kappa shape index (κ2) is 8.53. The average molecular weight is 468 g/mol. The molecule has 0 fully saturated rings. The van der Waals surface area contributed by atoms with Gasteiger partial charge in [0.2, 0.25) is 0 Å². The highest BCUT2D eigenvalue weighted by Gasteiger charge is 2.23. The van der Waals surface area contributed by atoms with Gasteiger partial charge in [-0.2, -0.15) is 5.10 Å². The molecule has 0 aliphatic heterocycles. The second-order valence-electron chi connectivity index (χ2n) is 8.20. The van der Waals surface area contributed by atoms with E-state index in [0.717, 1.165) is 28.1 Å². The molecule has 3 N–H and O–H groups in total. The Hall–Kier alpha value is -4.79. The predicted octanol–water partition coefficient (Wildman–Crippen LogP) is 4.72. The highest BCUT2D eigenvalue weighted by molar-refractivity contribution is 6.08. The molecule has 1 amide bonds. The Morgan fingerprint density at radius 3 is 2.46 bits per heavy atom. The van der Waals surface area contributed by atoms with Crippen LogP contribution in [0, 0.1) is 5.82 Å². The maximum Gasteiger partial charge on any atom is 0.250 e. The van der Waals surface area contributed by atoms with E-state index in [4.69, 9.17) is 5.73 Å². The van der Waals surface area contributed by atoms with Gasteiger partial charge in [0.25, 0.3) is 5.91 Å². The number of aryl methyl sites for hydroxylation is 1. The summed E-state index contributed by atoms with van der Waals surface area (Å²) in [6.45, 7) is 5.32. The first-order valence-electron chi connectivity index (χ1n) is 10.8. The zero-order chi connectivity index (χ0) is 24.7. The molecule has 0 bridgehead atoms. The SMILES string of the molecule is C=C(C)C(=O)Nc1ccc(-c2c(-c3cnn(-c4ccc(F)cc4)c3)c3c(N)ncnc3n2C)cc1. The molecule has 0 saturated carbocycles. The summed E-state index contributed by atoms with van der Waals surface area (Å²) in [5, 5.41) is 8.01. The summed E-state index contributed by atoms with van der Waals surface area (Å²) < 4.78 is 17.0. The number of nitrogens with one attached hydrogen (secondary N) is 1. The van der Waals surface area contributed by atoms with Crippen LogP contribution in [-0.4, -0.2) is 30.2 Å². The molecule has 0 unspecified atom stereocenters. The number of fused-ring (bicyclic) bond motifs is 1. The summed E-state index contributed by atoms with van der Waals surface area (Å²) in [6.07, 6.45) is 5.03. The van der Waals surface area contributed by atoms with Gasteiger partial charge in [0.15, 0.2) is 0 Å². The number of hydrogen-bond acceptors (Lipinski definition) is 5. The maximum absolute atomic E-state index is 13.4. The van der Waals surface area contributed by atoms with Crippen molar-refractivity contribution in [1.29, 1.82) is 0 Å². The van der Waals surface area contributed by atoms with Crippen LogP contribution in [0.25, 0.3) is 39.1 Å². The molecular weight excluding hydrogens is 445 g/mol. The van der Waals surface area contributed by atoms with Crippen molar-refractivity contribution in [3.63, 3.8) is 0 Å². The average Bonchev–Trinajstić information content (AvgIpc) is 3.44.